The second-order valence-corrected chi connectivity index (χ2v) is 8.97. The minimum Gasteiger partial charge on any atom is -0.379 e. The predicted octanol–water partition coefficient (Wildman–Crippen LogP) is 5.28. The summed E-state index contributed by atoms with van der Waals surface area (Å²) < 4.78 is 25.2. The van der Waals surface area contributed by atoms with Crippen LogP contribution in [-0.2, 0) is 14.3 Å². The number of likely N-dealkylation sites (N-methyl/N-ethyl adjacent to an activating group) is 1. The van der Waals surface area contributed by atoms with Gasteiger partial charge >= 0.3 is 0 Å². The van der Waals surface area contributed by atoms with E-state index < -0.39 is 5.82 Å². The number of benzene rings is 2. The molecule has 0 atom stereocenters. The Morgan fingerprint density at radius 3 is 2.49 bits per heavy atom. The Balaban J connectivity index is 1.46. The molecule has 0 unspecified atom stereocenters. The van der Waals surface area contributed by atoms with Gasteiger partial charge in [-0.05, 0) is 56.3 Å². The predicted molar refractivity (Wildman–Crippen MR) is 153 cm³/mol. The quantitative estimate of drug-likeness (QED) is 0.168. The minimum absolute atomic E-state index is 0.0604. The van der Waals surface area contributed by atoms with Gasteiger partial charge in [0.15, 0.2) is 11.6 Å². The largest absolute Gasteiger partial charge is 0.379 e. The molecule has 9 nitrogen and oxygen atoms in total. The van der Waals surface area contributed by atoms with Crippen molar-refractivity contribution in [3.8, 4) is 0 Å². The molecule has 0 fully saturated rings. The second-order valence-electron chi connectivity index (χ2n) is 8.97. The first-order valence-corrected chi connectivity index (χ1v) is 13.0. The summed E-state index contributed by atoms with van der Waals surface area (Å²) in [5.41, 5.74) is 3.01. The summed E-state index contributed by atoms with van der Waals surface area (Å²) in [5.74, 6) is -0.529. The molecular formula is C29H37FN6O3. The lowest BCUT2D eigenvalue weighted by Gasteiger charge is -2.14. The third-order valence-corrected chi connectivity index (χ3v) is 5.44. The number of halogens is 1. The molecule has 10 heteroatoms. The van der Waals surface area contributed by atoms with E-state index in [4.69, 9.17) is 9.47 Å². The van der Waals surface area contributed by atoms with Crippen LogP contribution in [0.5, 0.6) is 0 Å². The fourth-order valence-electron chi connectivity index (χ4n) is 3.48. The number of carbonyl (C=O) groups excluding carboxylic acids is 1. The molecule has 1 heterocycles. The van der Waals surface area contributed by atoms with Crippen LogP contribution in [0.4, 0.5) is 33.2 Å². The number of nitrogens with zero attached hydrogens (tertiary/aromatic N) is 3. The molecule has 0 saturated carbocycles. The lowest BCUT2D eigenvalue weighted by molar-refractivity contribution is -0.111. The monoisotopic (exact) mass is 536 g/mol. The molecule has 0 aliphatic rings. The molecule has 0 aliphatic carbocycles. The van der Waals surface area contributed by atoms with E-state index in [1.165, 1.54) is 6.08 Å². The first-order valence-electron chi connectivity index (χ1n) is 13.0. The van der Waals surface area contributed by atoms with E-state index in [1.807, 2.05) is 38.2 Å². The summed E-state index contributed by atoms with van der Waals surface area (Å²) in [6, 6.07) is 14.7. The lowest BCUT2D eigenvalue weighted by atomic mass is 10.2. The average molecular weight is 537 g/mol. The van der Waals surface area contributed by atoms with Crippen molar-refractivity contribution in [3.05, 3.63) is 78.3 Å². The minimum atomic E-state index is -0.565. The third kappa shape index (κ3) is 11.2. The highest BCUT2D eigenvalue weighted by atomic mass is 19.1. The van der Waals surface area contributed by atoms with Crippen LogP contribution in [0.25, 0.3) is 0 Å². The molecule has 0 spiro atoms. The Morgan fingerprint density at radius 1 is 1.00 bits per heavy atom. The Hall–Kier alpha value is -3.86. The molecule has 2 aromatic carbocycles. The fourth-order valence-corrected chi connectivity index (χ4v) is 3.48. The number of hydrogen-bond acceptors (Lipinski definition) is 8. The maximum Gasteiger partial charge on any atom is 0.248 e. The van der Waals surface area contributed by atoms with Crippen LogP contribution in [0.3, 0.4) is 0 Å². The highest BCUT2D eigenvalue weighted by molar-refractivity contribution is 5.99. The van der Waals surface area contributed by atoms with Crippen molar-refractivity contribution in [3.63, 3.8) is 0 Å². The number of aromatic nitrogens is 2. The van der Waals surface area contributed by atoms with Crippen molar-refractivity contribution in [2.75, 3.05) is 62.5 Å². The first kappa shape index (κ1) is 29.7. The molecular weight excluding hydrogens is 499 g/mol. The van der Waals surface area contributed by atoms with Gasteiger partial charge < -0.3 is 30.3 Å². The van der Waals surface area contributed by atoms with E-state index in [0.717, 1.165) is 37.0 Å². The molecule has 1 aromatic heterocycles. The molecule has 0 radical (unpaired) electrons. The number of hydrogen-bond donors (Lipinski definition) is 3. The van der Waals surface area contributed by atoms with Crippen molar-refractivity contribution in [1.29, 1.82) is 0 Å². The zero-order chi connectivity index (χ0) is 27.9. The molecule has 0 saturated heterocycles. The Morgan fingerprint density at radius 2 is 1.72 bits per heavy atom. The normalized spacial score (nSPS) is 11.2. The standard InChI is InChI=1S/C29H37FN6O3/c1-4-15-38-17-18-39-16-14-36(3)13-7-12-27(37)32-24-10-6-11-25(20-24)34-29-31-21-26(30)28(35-29)33-23-9-5-8-22(2)19-23/h5-12,19-21H,4,13-18H2,1-3H3,(H,32,37)(H2,31,33,34,35)/b12-7+. The van der Waals surface area contributed by atoms with Crippen molar-refractivity contribution in [2.24, 2.45) is 0 Å². The second kappa shape index (κ2) is 16.2. The van der Waals surface area contributed by atoms with Crippen LogP contribution < -0.4 is 16.0 Å². The van der Waals surface area contributed by atoms with Crippen LogP contribution in [0.2, 0.25) is 0 Å². The smallest absolute Gasteiger partial charge is 0.248 e. The van der Waals surface area contributed by atoms with Gasteiger partial charge in [0.25, 0.3) is 0 Å². The van der Waals surface area contributed by atoms with Crippen LogP contribution in [0.15, 0.2) is 66.9 Å². The SMILES string of the molecule is CCCOCCOCCN(C)C/C=C/C(=O)Nc1cccc(Nc2ncc(F)c(Nc3cccc(C)c3)n2)c1. The van der Waals surface area contributed by atoms with Gasteiger partial charge in [0.2, 0.25) is 11.9 Å². The Bertz CT molecular complexity index is 1220. The Labute approximate surface area is 229 Å². The number of rotatable bonds is 16. The summed E-state index contributed by atoms with van der Waals surface area (Å²) in [6.45, 7) is 7.95. The van der Waals surface area contributed by atoms with Crippen LogP contribution >= 0.6 is 0 Å². The van der Waals surface area contributed by atoms with E-state index in [1.54, 1.807) is 30.3 Å². The van der Waals surface area contributed by atoms with E-state index in [-0.39, 0.29) is 17.7 Å². The molecule has 39 heavy (non-hydrogen) atoms. The van der Waals surface area contributed by atoms with Crippen LogP contribution in [-0.4, -0.2) is 67.3 Å². The number of amides is 1. The molecule has 3 aromatic rings. The summed E-state index contributed by atoms with van der Waals surface area (Å²) in [6.07, 6.45) is 5.41. The zero-order valence-corrected chi connectivity index (χ0v) is 22.7. The fraction of sp³-hybridized carbons (Fsp3) is 0.345. The summed E-state index contributed by atoms with van der Waals surface area (Å²) in [4.78, 5) is 22.7. The summed E-state index contributed by atoms with van der Waals surface area (Å²) >= 11 is 0. The van der Waals surface area contributed by atoms with Gasteiger partial charge in [-0.15, -0.1) is 0 Å². The number of aryl methyl sites for hydroxylation is 1. The molecule has 3 N–H and O–H groups in total. The van der Waals surface area contributed by atoms with Gasteiger partial charge in [0, 0.05) is 42.8 Å². The van der Waals surface area contributed by atoms with E-state index in [9.17, 15) is 9.18 Å². The topological polar surface area (TPSA) is 101 Å². The van der Waals surface area contributed by atoms with Gasteiger partial charge in [-0.2, -0.15) is 4.98 Å². The van der Waals surface area contributed by atoms with Crippen molar-refractivity contribution >= 4 is 34.7 Å². The molecule has 1 amide bonds. The summed E-state index contributed by atoms with van der Waals surface area (Å²) in [7, 11) is 1.97. The maximum absolute atomic E-state index is 14.3. The van der Waals surface area contributed by atoms with Crippen molar-refractivity contribution in [1.82, 2.24) is 14.9 Å². The molecule has 0 aliphatic heterocycles. The average Bonchev–Trinajstić information content (AvgIpc) is 2.90. The van der Waals surface area contributed by atoms with Crippen molar-refractivity contribution < 1.29 is 18.7 Å². The highest BCUT2D eigenvalue weighted by Crippen LogP contribution is 2.22. The van der Waals surface area contributed by atoms with E-state index >= 15 is 0 Å². The van der Waals surface area contributed by atoms with Gasteiger partial charge in [0.05, 0.1) is 26.0 Å². The summed E-state index contributed by atoms with van der Waals surface area (Å²) in [5, 5.41) is 8.88. The maximum atomic E-state index is 14.3. The van der Waals surface area contributed by atoms with E-state index in [2.05, 4.69) is 37.7 Å². The van der Waals surface area contributed by atoms with Gasteiger partial charge in [0.1, 0.15) is 0 Å². The lowest BCUT2D eigenvalue weighted by Crippen LogP contribution is -2.24. The van der Waals surface area contributed by atoms with Crippen LogP contribution in [0.1, 0.15) is 18.9 Å². The van der Waals surface area contributed by atoms with Crippen LogP contribution in [0, 0.1) is 12.7 Å². The van der Waals surface area contributed by atoms with Crippen molar-refractivity contribution in [2.45, 2.75) is 20.3 Å². The molecule has 208 valence electrons. The zero-order valence-electron chi connectivity index (χ0n) is 22.7. The molecule has 0 bridgehead atoms. The number of carbonyl (C=O) groups is 1. The first-order chi connectivity index (χ1) is 18.9. The van der Waals surface area contributed by atoms with Gasteiger partial charge in [-0.1, -0.05) is 31.2 Å². The molecule has 3 rings (SSSR count). The number of nitrogens with one attached hydrogen (secondary N) is 3. The van der Waals surface area contributed by atoms with E-state index in [0.29, 0.717) is 37.7 Å². The number of ether oxygens (including phenoxy) is 2. The number of anilines is 5. The highest BCUT2D eigenvalue weighted by Gasteiger charge is 2.09. The Kier molecular flexibility index (Phi) is 12.3. The third-order valence-electron chi connectivity index (χ3n) is 5.44. The van der Waals surface area contributed by atoms with Gasteiger partial charge in [-0.3, -0.25) is 4.79 Å². The van der Waals surface area contributed by atoms with Gasteiger partial charge in [-0.25, -0.2) is 9.37 Å².